The second-order valence-electron chi connectivity index (χ2n) is 7.80. The van der Waals surface area contributed by atoms with E-state index in [1.165, 1.54) is 0 Å². The number of carbonyl (C=O) groups excluding carboxylic acids is 1. The number of carbonyl (C=O) groups is 1. The molecule has 144 valence electrons. The van der Waals surface area contributed by atoms with Gasteiger partial charge in [0.2, 0.25) is 0 Å². The van der Waals surface area contributed by atoms with Gasteiger partial charge in [0, 0.05) is 19.1 Å². The number of fused-ring (bicyclic) bond motifs is 1. The van der Waals surface area contributed by atoms with E-state index >= 15 is 0 Å². The van der Waals surface area contributed by atoms with Gasteiger partial charge in [-0.05, 0) is 56.5 Å². The van der Waals surface area contributed by atoms with Gasteiger partial charge in [0.15, 0.2) is 0 Å². The lowest BCUT2D eigenvalue weighted by Crippen LogP contribution is -2.36. The zero-order valence-electron chi connectivity index (χ0n) is 16.1. The predicted octanol–water partition coefficient (Wildman–Crippen LogP) is 4.49. The number of hydrogen-bond acceptors (Lipinski definition) is 4. The molecule has 0 bridgehead atoms. The maximum absolute atomic E-state index is 12.6. The van der Waals surface area contributed by atoms with Crippen molar-refractivity contribution in [2.75, 3.05) is 18.1 Å². The van der Waals surface area contributed by atoms with Gasteiger partial charge in [-0.2, -0.15) is 0 Å². The van der Waals surface area contributed by atoms with E-state index in [9.17, 15) is 9.90 Å². The summed E-state index contributed by atoms with van der Waals surface area (Å²) in [5, 5.41) is 9.42. The predicted molar refractivity (Wildman–Crippen MR) is 105 cm³/mol. The summed E-state index contributed by atoms with van der Waals surface area (Å²) in [4.78, 5) is 14.2. The Hall–Kier alpha value is -2.53. The average molecular weight is 369 g/mol. The number of hydrogen-bond donors (Lipinski definition) is 1. The molecule has 0 radical (unpaired) electrons. The summed E-state index contributed by atoms with van der Waals surface area (Å²) in [6, 6.07) is 15.7. The van der Waals surface area contributed by atoms with Crippen LogP contribution in [0.25, 0.3) is 0 Å². The monoisotopic (exact) mass is 369 g/mol. The van der Waals surface area contributed by atoms with Crippen molar-refractivity contribution in [3.8, 4) is 5.75 Å². The number of nitrogens with zero attached hydrogens (tertiary/aromatic N) is 1. The largest absolute Gasteiger partial charge is 0.489 e. The Morgan fingerprint density at radius 2 is 1.93 bits per heavy atom. The first kappa shape index (κ1) is 19.2. The zero-order chi connectivity index (χ0) is 19.4. The maximum Gasteiger partial charge on any atom is 0.414 e. The van der Waals surface area contributed by atoms with E-state index in [-0.39, 0.29) is 18.6 Å². The highest BCUT2D eigenvalue weighted by molar-refractivity contribution is 5.91. The molecule has 1 aliphatic rings. The van der Waals surface area contributed by atoms with Crippen LogP contribution in [0.5, 0.6) is 5.75 Å². The van der Waals surface area contributed by atoms with Crippen molar-refractivity contribution in [2.45, 2.75) is 45.3 Å². The molecule has 0 spiro atoms. The molecule has 0 aliphatic carbocycles. The van der Waals surface area contributed by atoms with Crippen LogP contribution in [0, 0.1) is 0 Å². The Kier molecular flexibility index (Phi) is 5.71. The molecule has 1 atom stereocenters. The van der Waals surface area contributed by atoms with E-state index in [1.54, 1.807) is 4.90 Å². The van der Waals surface area contributed by atoms with Crippen molar-refractivity contribution in [3.05, 3.63) is 59.7 Å². The lowest BCUT2D eigenvalue weighted by Gasteiger charge is -2.25. The minimum absolute atomic E-state index is 0.0674. The van der Waals surface area contributed by atoms with E-state index in [1.807, 2.05) is 69.3 Å². The first-order valence-electron chi connectivity index (χ1n) is 9.29. The number of benzene rings is 2. The molecule has 0 aromatic heterocycles. The Morgan fingerprint density at radius 1 is 1.19 bits per heavy atom. The number of amides is 1. The summed E-state index contributed by atoms with van der Waals surface area (Å²) in [5.74, 6) is 0.823. The molecule has 2 aromatic carbocycles. The lowest BCUT2D eigenvalue weighted by molar-refractivity contribution is 0.0581. The van der Waals surface area contributed by atoms with Crippen molar-refractivity contribution >= 4 is 11.8 Å². The smallest absolute Gasteiger partial charge is 0.414 e. The SMILES string of the molecule is CC(C)(C)OC(=O)N1CC(CCO)c2cc(OCc3ccccc3)ccc21. The summed E-state index contributed by atoms with van der Waals surface area (Å²) in [6.07, 6.45) is 0.233. The number of rotatable bonds is 5. The van der Waals surface area contributed by atoms with Gasteiger partial charge in [-0.1, -0.05) is 30.3 Å². The standard InChI is InChI=1S/C22H27NO4/c1-22(2,3)27-21(25)23-14-17(11-12-24)19-13-18(9-10-20(19)23)26-15-16-7-5-4-6-8-16/h4-10,13,17,24H,11-12,14-15H2,1-3H3. The Bertz CT molecular complexity index is 783. The molecule has 3 rings (SSSR count). The molecule has 27 heavy (non-hydrogen) atoms. The average Bonchev–Trinajstić information content (AvgIpc) is 2.98. The Labute approximate surface area is 160 Å². The quantitative estimate of drug-likeness (QED) is 0.844. The van der Waals surface area contributed by atoms with Crippen LogP contribution in [0.1, 0.15) is 44.2 Å². The minimum Gasteiger partial charge on any atom is -0.489 e. The topological polar surface area (TPSA) is 59.0 Å². The van der Waals surface area contributed by atoms with Gasteiger partial charge in [-0.15, -0.1) is 0 Å². The molecule has 1 amide bonds. The third-order valence-corrected chi connectivity index (χ3v) is 4.47. The summed E-state index contributed by atoms with van der Waals surface area (Å²) in [7, 11) is 0. The van der Waals surface area contributed by atoms with Crippen LogP contribution in [0.15, 0.2) is 48.5 Å². The number of aliphatic hydroxyl groups excluding tert-OH is 1. The van der Waals surface area contributed by atoms with Gasteiger partial charge in [0.1, 0.15) is 18.0 Å². The molecule has 0 saturated heterocycles. The second kappa shape index (κ2) is 8.01. The highest BCUT2D eigenvalue weighted by Gasteiger charge is 2.34. The normalized spacial score (nSPS) is 16.1. The number of aliphatic hydroxyl groups is 1. The minimum atomic E-state index is -0.551. The van der Waals surface area contributed by atoms with Crippen LogP contribution in [0.3, 0.4) is 0 Å². The molecule has 1 unspecified atom stereocenters. The molecule has 5 nitrogen and oxygen atoms in total. The summed E-state index contributed by atoms with van der Waals surface area (Å²) >= 11 is 0. The van der Waals surface area contributed by atoms with Gasteiger partial charge < -0.3 is 14.6 Å². The molecule has 5 heteroatoms. The molecular weight excluding hydrogens is 342 g/mol. The van der Waals surface area contributed by atoms with Gasteiger partial charge in [-0.25, -0.2) is 4.79 Å². The molecule has 0 fully saturated rings. The number of anilines is 1. The molecule has 0 saturated carbocycles. The van der Waals surface area contributed by atoms with Gasteiger partial charge in [0.25, 0.3) is 0 Å². The van der Waals surface area contributed by atoms with Gasteiger partial charge in [0.05, 0.1) is 5.69 Å². The van der Waals surface area contributed by atoms with Gasteiger partial charge in [-0.3, -0.25) is 4.90 Å². The third-order valence-electron chi connectivity index (χ3n) is 4.47. The Balaban J connectivity index is 1.79. The first-order chi connectivity index (χ1) is 12.9. The molecule has 1 N–H and O–H groups in total. The fourth-order valence-electron chi connectivity index (χ4n) is 3.25. The van der Waals surface area contributed by atoms with Crippen molar-refractivity contribution < 1.29 is 19.4 Å². The van der Waals surface area contributed by atoms with E-state index < -0.39 is 5.60 Å². The lowest BCUT2D eigenvalue weighted by atomic mass is 9.98. The highest BCUT2D eigenvalue weighted by atomic mass is 16.6. The van der Waals surface area contributed by atoms with Gasteiger partial charge >= 0.3 is 6.09 Å². The third kappa shape index (κ3) is 4.80. The highest BCUT2D eigenvalue weighted by Crippen LogP contribution is 2.40. The van der Waals surface area contributed by atoms with Crippen LogP contribution in [0.2, 0.25) is 0 Å². The summed E-state index contributed by atoms with van der Waals surface area (Å²) in [6.45, 7) is 6.63. The van der Waals surface area contributed by atoms with Crippen LogP contribution >= 0.6 is 0 Å². The van der Waals surface area contributed by atoms with Crippen molar-refractivity contribution in [1.29, 1.82) is 0 Å². The van der Waals surface area contributed by atoms with E-state index in [0.29, 0.717) is 19.6 Å². The molecule has 1 heterocycles. The molecular formula is C22H27NO4. The zero-order valence-corrected chi connectivity index (χ0v) is 16.1. The molecule has 2 aromatic rings. The van der Waals surface area contributed by atoms with Crippen LogP contribution in [-0.2, 0) is 11.3 Å². The first-order valence-corrected chi connectivity index (χ1v) is 9.29. The summed E-state index contributed by atoms with van der Waals surface area (Å²) < 4.78 is 11.5. The van der Waals surface area contributed by atoms with E-state index in [2.05, 4.69) is 0 Å². The van der Waals surface area contributed by atoms with E-state index in [4.69, 9.17) is 9.47 Å². The molecule has 1 aliphatic heterocycles. The summed E-state index contributed by atoms with van der Waals surface area (Å²) in [5.41, 5.74) is 2.39. The van der Waals surface area contributed by atoms with Crippen molar-refractivity contribution in [1.82, 2.24) is 0 Å². The van der Waals surface area contributed by atoms with Crippen molar-refractivity contribution in [3.63, 3.8) is 0 Å². The van der Waals surface area contributed by atoms with E-state index in [0.717, 1.165) is 22.6 Å². The van der Waals surface area contributed by atoms with Crippen LogP contribution in [-0.4, -0.2) is 30.0 Å². The van der Waals surface area contributed by atoms with Crippen LogP contribution < -0.4 is 9.64 Å². The fourth-order valence-corrected chi connectivity index (χ4v) is 3.25. The number of ether oxygens (including phenoxy) is 2. The second-order valence-corrected chi connectivity index (χ2v) is 7.80. The Morgan fingerprint density at radius 3 is 2.59 bits per heavy atom. The maximum atomic E-state index is 12.6. The van der Waals surface area contributed by atoms with Crippen LogP contribution in [0.4, 0.5) is 10.5 Å². The van der Waals surface area contributed by atoms with Crippen molar-refractivity contribution in [2.24, 2.45) is 0 Å². The fraction of sp³-hybridized carbons (Fsp3) is 0.409.